The fourth-order valence-electron chi connectivity index (χ4n) is 1.12. The van der Waals surface area contributed by atoms with Gasteiger partial charge >= 0.3 is 6.01 Å². The van der Waals surface area contributed by atoms with Gasteiger partial charge in [0.15, 0.2) is 5.75 Å². The first-order chi connectivity index (χ1) is 8.16. The van der Waals surface area contributed by atoms with Crippen LogP contribution < -0.4 is 4.74 Å². The summed E-state index contributed by atoms with van der Waals surface area (Å²) in [5.41, 5.74) is -0.0564. The average molecular weight is 296 g/mol. The van der Waals surface area contributed by atoms with Gasteiger partial charge in [0.25, 0.3) is 5.69 Å². The number of hydrogen-bond donors (Lipinski definition) is 0. The Morgan fingerprint density at radius 2 is 2.00 bits per heavy atom. The van der Waals surface area contributed by atoms with E-state index >= 15 is 0 Å². The second-order valence-electron chi connectivity index (χ2n) is 3.01. The maximum absolute atomic E-state index is 10.6. The number of hydrogen-bond acceptors (Lipinski definition) is 5. The molecule has 0 atom stereocenters. The lowest BCUT2D eigenvalue weighted by Gasteiger charge is -2.04. The molecule has 0 N–H and O–H groups in total. The third-order valence-electron chi connectivity index (χ3n) is 1.87. The molecule has 0 spiro atoms. The second-order valence-corrected chi connectivity index (χ2v) is 3.86. The molecule has 0 amide bonds. The fourth-order valence-corrected chi connectivity index (χ4v) is 1.45. The molecule has 7 heteroatoms. The van der Waals surface area contributed by atoms with Crippen LogP contribution in [0.5, 0.6) is 11.8 Å². The van der Waals surface area contributed by atoms with Gasteiger partial charge in [0, 0.05) is 18.5 Å². The Bertz CT molecular complexity index is 548. The van der Waals surface area contributed by atoms with Gasteiger partial charge in [-0.2, -0.15) is 0 Å². The van der Waals surface area contributed by atoms with Gasteiger partial charge in [-0.25, -0.2) is 9.97 Å². The molecule has 0 saturated carbocycles. The average Bonchev–Trinajstić information content (AvgIpc) is 2.33. The van der Waals surface area contributed by atoms with Crippen molar-refractivity contribution in [2.45, 2.75) is 0 Å². The highest BCUT2D eigenvalue weighted by atomic mass is 79.9. The van der Waals surface area contributed by atoms with E-state index in [1.165, 1.54) is 30.6 Å². The Morgan fingerprint density at radius 1 is 1.29 bits per heavy atom. The fraction of sp³-hybridized carbons (Fsp3) is 0. The van der Waals surface area contributed by atoms with E-state index in [-0.39, 0.29) is 11.7 Å². The van der Waals surface area contributed by atoms with Gasteiger partial charge in [0.2, 0.25) is 0 Å². The lowest BCUT2D eigenvalue weighted by atomic mass is 10.3. The smallest absolute Gasteiger partial charge is 0.321 e. The van der Waals surface area contributed by atoms with E-state index in [1.807, 2.05) is 0 Å². The maximum Gasteiger partial charge on any atom is 0.321 e. The molecule has 1 aromatic heterocycles. The van der Waals surface area contributed by atoms with Crippen LogP contribution in [0.25, 0.3) is 0 Å². The van der Waals surface area contributed by atoms with Crippen LogP contribution in [0.4, 0.5) is 5.69 Å². The number of rotatable bonds is 3. The van der Waals surface area contributed by atoms with Crippen molar-refractivity contribution >= 4 is 21.6 Å². The van der Waals surface area contributed by atoms with Gasteiger partial charge in [-0.05, 0) is 28.1 Å². The minimum absolute atomic E-state index is 0.0564. The van der Waals surface area contributed by atoms with Crippen LogP contribution in [0.3, 0.4) is 0 Å². The lowest BCUT2D eigenvalue weighted by Crippen LogP contribution is -1.93. The van der Waals surface area contributed by atoms with Crippen LogP contribution >= 0.6 is 15.9 Å². The molecular weight excluding hydrogens is 290 g/mol. The molecule has 6 nitrogen and oxygen atoms in total. The van der Waals surface area contributed by atoms with Crippen molar-refractivity contribution in [3.63, 3.8) is 0 Å². The van der Waals surface area contributed by atoms with Crippen LogP contribution in [0.1, 0.15) is 0 Å². The zero-order valence-electron chi connectivity index (χ0n) is 8.41. The maximum atomic E-state index is 10.6. The summed E-state index contributed by atoms with van der Waals surface area (Å²) in [6.45, 7) is 0. The van der Waals surface area contributed by atoms with Crippen LogP contribution in [0.15, 0.2) is 41.1 Å². The number of non-ortho nitro benzene ring substituents is 1. The van der Waals surface area contributed by atoms with Crippen molar-refractivity contribution in [2.75, 3.05) is 0 Å². The Labute approximate surface area is 105 Å². The summed E-state index contributed by atoms with van der Waals surface area (Å²) in [5.74, 6) is 0.297. The summed E-state index contributed by atoms with van der Waals surface area (Å²) in [5, 5.41) is 10.6. The highest BCUT2D eigenvalue weighted by Crippen LogP contribution is 2.31. The number of ether oxygens (including phenoxy) is 1. The van der Waals surface area contributed by atoms with E-state index < -0.39 is 4.92 Å². The predicted octanol–water partition coefficient (Wildman–Crippen LogP) is 2.94. The molecule has 0 radical (unpaired) electrons. The van der Waals surface area contributed by atoms with Crippen molar-refractivity contribution in [3.8, 4) is 11.8 Å². The summed E-state index contributed by atoms with van der Waals surface area (Å²) in [6, 6.07) is 6.00. The van der Waals surface area contributed by atoms with Gasteiger partial charge in [0.05, 0.1) is 15.5 Å². The monoisotopic (exact) mass is 295 g/mol. The van der Waals surface area contributed by atoms with Gasteiger partial charge in [-0.15, -0.1) is 0 Å². The summed E-state index contributed by atoms with van der Waals surface area (Å²) < 4.78 is 5.92. The van der Waals surface area contributed by atoms with Gasteiger partial charge in [-0.1, -0.05) is 0 Å². The molecule has 0 fully saturated rings. The molecule has 2 aromatic rings. The van der Waals surface area contributed by atoms with Crippen LogP contribution in [-0.4, -0.2) is 14.9 Å². The normalized spacial score (nSPS) is 9.94. The van der Waals surface area contributed by atoms with E-state index in [0.717, 1.165) is 0 Å². The number of nitrogens with zero attached hydrogens (tertiary/aromatic N) is 3. The molecule has 2 rings (SSSR count). The van der Waals surface area contributed by atoms with Crippen molar-refractivity contribution in [1.82, 2.24) is 9.97 Å². The van der Waals surface area contributed by atoms with Crippen molar-refractivity contribution in [2.24, 2.45) is 0 Å². The predicted molar refractivity (Wildman–Crippen MR) is 62.9 cm³/mol. The van der Waals surface area contributed by atoms with Crippen LogP contribution in [-0.2, 0) is 0 Å². The van der Waals surface area contributed by atoms with Crippen LogP contribution in [0, 0.1) is 10.1 Å². The molecule has 0 aliphatic heterocycles. The van der Waals surface area contributed by atoms with Gasteiger partial charge in [-0.3, -0.25) is 10.1 Å². The summed E-state index contributed by atoms with van der Waals surface area (Å²) in [4.78, 5) is 17.9. The van der Waals surface area contributed by atoms with E-state index in [1.54, 1.807) is 6.07 Å². The van der Waals surface area contributed by atoms with Gasteiger partial charge in [0.1, 0.15) is 0 Å². The third kappa shape index (κ3) is 2.76. The first kappa shape index (κ1) is 11.5. The zero-order valence-corrected chi connectivity index (χ0v) is 9.99. The number of halogens is 1. The van der Waals surface area contributed by atoms with E-state index in [2.05, 4.69) is 25.9 Å². The molecule has 86 valence electrons. The lowest BCUT2D eigenvalue weighted by molar-refractivity contribution is -0.384. The molecular formula is C10H6BrN3O3. The second kappa shape index (κ2) is 4.88. The molecule has 0 saturated heterocycles. The summed E-state index contributed by atoms with van der Waals surface area (Å²) in [6.07, 6.45) is 3.04. The number of benzene rings is 1. The highest BCUT2D eigenvalue weighted by Gasteiger charge is 2.11. The topological polar surface area (TPSA) is 78.2 Å². The summed E-state index contributed by atoms with van der Waals surface area (Å²) >= 11 is 3.23. The Hall–Kier alpha value is -2.02. The van der Waals surface area contributed by atoms with Crippen molar-refractivity contribution < 1.29 is 9.66 Å². The molecule has 0 aliphatic carbocycles. The zero-order chi connectivity index (χ0) is 12.3. The largest absolute Gasteiger partial charge is 0.423 e. The first-order valence-electron chi connectivity index (χ1n) is 4.55. The molecule has 1 aromatic carbocycles. The minimum Gasteiger partial charge on any atom is -0.423 e. The van der Waals surface area contributed by atoms with E-state index in [9.17, 15) is 10.1 Å². The molecule has 0 unspecified atom stereocenters. The first-order valence-corrected chi connectivity index (χ1v) is 5.35. The van der Waals surface area contributed by atoms with E-state index in [0.29, 0.717) is 10.2 Å². The van der Waals surface area contributed by atoms with E-state index in [4.69, 9.17) is 4.74 Å². The number of aromatic nitrogens is 2. The number of nitro groups is 1. The number of nitro benzene ring substituents is 1. The highest BCUT2D eigenvalue weighted by molar-refractivity contribution is 9.10. The Morgan fingerprint density at radius 3 is 2.65 bits per heavy atom. The molecule has 1 heterocycles. The van der Waals surface area contributed by atoms with Crippen molar-refractivity contribution in [3.05, 3.63) is 51.2 Å². The third-order valence-corrected chi connectivity index (χ3v) is 2.52. The standard InChI is InChI=1S/C10H6BrN3O3/c11-8-3-2-7(14(15)16)6-9(8)17-10-12-4-1-5-13-10/h1-6H. The Kier molecular flexibility index (Phi) is 3.29. The molecule has 0 bridgehead atoms. The quantitative estimate of drug-likeness (QED) is 0.642. The SMILES string of the molecule is O=[N+]([O-])c1ccc(Br)c(Oc2ncccn2)c1. The van der Waals surface area contributed by atoms with Gasteiger partial charge < -0.3 is 4.74 Å². The summed E-state index contributed by atoms with van der Waals surface area (Å²) in [7, 11) is 0. The van der Waals surface area contributed by atoms with Crippen molar-refractivity contribution in [1.29, 1.82) is 0 Å². The Balaban J connectivity index is 2.32. The van der Waals surface area contributed by atoms with Crippen LogP contribution in [0.2, 0.25) is 0 Å². The molecule has 17 heavy (non-hydrogen) atoms. The molecule has 0 aliphatic rings. The minimum atomic E-state index is -0.495.